The monoisotopic (exact) mass is 426 g/mol. The first-order valence-electron chi connectivity index (χ1n) is 1.33. The first kappa shape index (κ1) is 93.8. The van der Waals surface area contributed by atoms with Crippen molar-refractivity contribution in [3.05, 3.63) is 0 Å². The summed E-state index contributed by atoms with van der Waals surface area (Å²) in [5.41, 5.74) is 0. The predicted molar refractivity (Wildman–Crippen MR) is 49.9 cm³/mol. The Balaban J connectivity index is -0.00000000508. The average molecular weight is 427 g/mol. The van der Waals surface area contributed by atoms with E-state index in [1.54, 1.807) is 0 Å². The fourth-order valence-electron chi connectivity index (χ4n) is 0. The quantitative estimate of drug-likeness (QED) is 0.263. The van der Waals surface area contributed by atoms with Crippen LogP contribution in [0.15, 0.2) is 0 Å². The van der Waals surface area contributed by atoms with Gasteiger partial charge in [-0.1, -0.05) is 0 Å². The van der Waals surface area contributed by atoms with Gasteiger partial charge in [-0.2, -0.15) is 0 Å². The van der Waals surface area contributed by atoms with Crippen LogP contribution in [0.1, 0.15) is 0 Å². The molecule has 0 heterocycles. The van der Waals surface area contributed by atoms with E-state index in [1.165, 1.54) is 0 Å². The summed E-state index contributed by atoms with van der Waals surface area (Å²) in [5, 5.41) is 0. The van der Waals surface area contributed by atoms with Gasteiger partial charge < -0.3 is 62.0 Å². The van der Waals surface area contributed by atoms with Crippen molar-refractivity contribution in [3.63, 3.8) is 0 Å². The Morgan fingerprint density at radius 2 is 0.421 bits per heavy atom. The summed E-state index contributed by atoms with van der Waals surface area (Å²) in [6.07, 6.45) is 0. The maximum absolute atomic E-state index is 8.52. The molecule has 0 atom stereocenters. The van der Waals surface area contributed by atoms with Gasteiger partial charge in [-0.3, -0.25) is 16.8 Å². The molecule has 19 heteroatoms. The van der Waals surface area contributed by atoms with Crippen LogP contribution in [0, 0.1) is 0 Å². The van der Waals surface area contributed by atoms with Crippen LogP contribution in [-0.2, 0) is 47.0 Å². The van der Waals surface area contributed by atoms with Gasteiger partial charge in [-0.15, -0.1) is 0 Å². The van der Waals surface area contributed by atoms with Gasteiger partial charge in [-0.05, 0) is 0 Å². The van der Waals surface area contributed by atoms with Gasteiger partial charge in [-0.25, -0.2) is 0 Å². The van der Waals surface area contributed by atoms with Gasteiger partial charge in [0.05, 0.1) is 0 Å². The van der Waals surface area contributed by atoms with Crippen LogP contribution in [0.4, 0.5) is 0 Å². The van der Waals surface area contributed by atoms with Gasteiger partial charge in [0.1, 0.15) is 0 Å². The Labute approximate surface area is 126 Å². The topological polar surface area (TPSA) is 413 Å². The van der Waals surface area contributed by atoms with Crippen LogP contribution in [0.25, 0.3) is 0 Å². The molecular formula is H16O16S2Zr. The molecule has 0 radical (unpaired) electrons. The Hall–Kier alpha value is 0.303. The van der Waals surface area contributed by atoms with Gasteiger partial charge >= 0.3 is 26.2 Å². The fourth-order valence-corrected chi connectivity index (χ4v) is 0. The van der Waals surface area contributed by atoms with Crippen molar-refractivity contribution in [2.45, 2.75) is 0 Å². The van der Waals surface area contributed by atoms with E-state index in [1.807, 2.05) is 0 Å². The molecule has 0 aliphatic rings. The molecule has 0 aromatic rings. The average Bonchev–Trinajstić information content (AvgIpc) is 1.12. The van der Waals surface area contributed by atoms with Crippen molar-refractivity contribution < 1.29 is 105 Å². The second-order valence-electron chi connectivity index (χ2n) is 0.816. The molecular weight excluding hydrogens is 411 g/mol. The summed E-state index contributed by atoms with van der Waals surface area (Å²) in [7, 11) is -10.3. The van der Waals surface area contributed by atoms with Crippen LogP contribution in [0.2, 0.25) is 0 Å². The van der Waals surface area contributed by atoms with Crippen LogP contribution < -0.4 is 0 Å². The third-order valence-corrected chi connectivity index (χ3v) is 0. The van der Waals surface area contributed by atoms with E-state index in [2.05, 4.69) is 0 Å². The molecule has 0 saturated heterocycles. The Morgan fingerprint density at radius 1 is 0.421 bits per heavy atom. The minimum Gasteiger partial charge on any atom is -0.759 e. The Morgan fingerprint density at radius 3 is 0.421 bits per heavy atom. The van der Waals surface area contributed by atoms with Gasteiger partial charge in [0.2, 0.25) is 0 Å². The molecule has 16 N–H and O–H groups in total. The molecule has 0 rings (SSSR count). The largest absolute Gasteiger partial charge is 4.00 e. The minimum atomic E-state index is -5.17. The van der Waals surface area contributed by atoms with E-state index >= 15 is 0 Å². The molecule has 0 bridgehead atoms. The van der Waals surface area contributed by atoms with Crippen molar-refractivity contribution in [1.82, 2.24) is 0 Å². The normalized spacial score (nSPS) is 6.11. The van der Waals surface area contributed by atoms with Crippen molar-refractivity contribution in [1.29, 1.82) is 0 Å². The van der Waals surface area contributed by atoms with Gasteiger partial charge in [0, 0.05) is 20.8 Å². The molecule has 0 amide bonds. The molecule has 0 unspecified atom stereocenters. The maximum atomic E-state index is 8.52. The zero-order valence-corrected chi connectivity index (χ0v) is 12.7. The molecule has 0 aliphatic carbocycles. The van der Waals surface area contributed by atoms with Crippen LogP contribution in [0.3, 0.4) is 0 Å². The Kier molecular flexibility index (Phi) is 179. The van der Waals surface area contributed by atoms with E-state index in [-0.39, 0.29) is 70.0 Å². The molecule has 19 heavy (non-hydrogen) atoms. The molecule has 0 aliphatic heterocycles. The van der Waals surface area contributed by atoms with Crippen LogP contribution >= 0.6 is 0 Å². The van der Waals surface area contributed by atoms with Gasteiger partial charge in [0.15, 0.2) is 0 Å². The van der Waals surface area contributed by atoms with E-state index in [9.17, 15) is 0 Å². The van der Waals surface area contributed by atoms with Crippen LogP contribution in [-0.4, -0.2) is 78.9 Å². The molecule has 16 nitrogen and oxygen atoms in total. The molecule has 0 aromatic carbocycles. The van der Waals surface area contributed by atoms with Gasteiger partial charge in [0.25, 0.3) is 0 Å². The Bertz CT molecular complexity index is 211. The smallest absolute Gasteiger partial charge is 0.759 e. The fraction of sp³-hybridized carbons (Fsp3) is 0. The van der Waals surface area contributed by atoms with E-state index in [4.69, 9.17) is 35.0 Å². The predicted octanol–water partition coefficient (Wildman–Crippen LogP) is -9.28. The number of hydrogen-bond acceptors (Lipinski definition) is 8. The van der Waals surface area contributed by atoms with E-state index in [0.29, 0.717) is 0 Å². The summed E-state index contributed by atoms with van der Waals surface area (Å²) >= 11 is 0. The minimum absolute atomic E-state index is 0. The molecule has 0 fully saturated rings. The summed E-state index contributed by atoms with van der Waals surface area (Å²) in [6, 6.07) is 0. The van der Waals surface area contributed by atoms with E-state index < -0.39 is 20.8 Å². The van der Waals surface area contributed by atoms with Crippen molar-refractivity contribution in [3.8, 4) is 0 Å². The third-order valence-electron chi connectivity index (χ3n) is 0. The molecule has 0 aromatic heterocycles. The first-order valence-corrected chi connectivity index (χ1v) is 4.00. The second kappa shape index (κ2) is 36.2. The maximum Gasteiger partial charge on any atom is 4.00 e. The van der Waals surface area contributed by atoms with Crippen molar-refractivity contribution >= 4 is 20.8 Å². The summed E-state index contributed by atoms with van der Waals surface area (Å²) < 4.78 is 68.2. The standard InChI is InChI=1S/2H2O4S.8H2O.Zr/c2*1-5(2,3)4;;;;;;;;;/h2*(H2,1,2,3,4);8*1H2;/q;;;;;;;;;;+4/p-4. The molecule has 0 spiro atoms. The second-order valence-corrected chi connectivity index (χ2v) is 2.45. The van der Waals surface area contributed by atoms with Crippen molar-refractivity contribution in [2.24, 2.45) is 0 Å². The van der Waals surface area contributed by atoms with Crippen LogP contribution in [0.5, 0.6) is 0 Å². The first-order chi connectivity index (χ1) is 4.00. The molecule has 0 saturated carbocycles. The number of hydrogen-bond donors (Lipinski definition) is 0. The summed E-state index contributed by atoms with van der Waals surface area (Å²) in [5.74, 6) is 0. The summed E-state index contributed by atoms with van der Waals surface area (Å²) in [4.78, 5) is 0. The zero-order valence-electron chi connectivity index (χ0n) is 8.58. The zero-order chi connectivity index (χ0) is 9.00. The van der Waals surface area contributed by atoms with E-state index in [0.717, 1.165) is 0 Å². The third kappa shape index (κ3) is 52900. The number of rotatable bonds is 0. The molecule has 128 valence electrons. The summed E-state index contributed by atoms with van der Waals surface area (Å²) in [6.45, 7) is 0. The van der Waals surface area contributed by atoms with Crippen molar-refractivity contribution in [2.75, 3.05) is 0 Å². The SMILES string of the molecule is O.O.O.O.O.O.O.O.O=S(=O)([O-])[O-].O=S(=O)([O-])[O-].[Zr+4].